The molecule has 6 heterocycles. The van der Waals surface area contributed by atoms with Gasteiger partial charge in [-0.3, -0.25) is 19.8 Å². The van der Waals surface area contributed by atoms with Crippen LogP contribution < -0.4 is 9.80 Å². The van der Waals surface area contributed by atoms with E-state index in [2.05, 4.69) is 239 Å². The fourth-order valence-electron chi connectivity index (χ4n) is 9.66. The van der Waals surface area contributed by atoms with Gasteiger partial charge >= 0.3 is 0 Å². The van der Waals surface area contributed by atoms with Crippen molar-refractivity contribution < 1.29 is 0 Å². The SMILES string of the molecule is CC(C)(C)n1c(-c2ccc(-c3ccc(N(c4ccc(-c5csc6ccccc56)cc4)c4cccnc4)n3C(C)(C)C)cc2)ccc1N(c1ccc(-c2csc3ccccc23)cc1)c1cccnc1. The van der Waals surface area contributed by atoms with Crippen LogP contribution in [0.3, 0.4) is 0 Å². The summed E-state index contributed by atoms with van der Waals surface area (Å²) in [5, 5.41) is 7.11. The highest BCUT2D eigenvalue weighted by molar-refractivity contribution is 7.18. The Morgan fingerprint density at radius 1 is 0.382 bits per heavy atom. The van der Waals surface area contributed by atoms with E-state index in [1.165, 1.54) is 42.4 Å². The summed E-state index contributed by atoms with van der Waals surface area (Å²) in [4.78, 5) is 13.8. The first-order valence-corrected chi connectivity index (χ1v) is 24.9. The van der Waals surface area contributed by atoms with E-state index in [-0.39, 0.29) is 11.1 Å². The molecule has 0 radical (unpaired) electrons. The van der Waals surface area contributed by atoms with Gasteiger partial charge in [-0.2, -0.15) is 0 Å². The van der Waals surface area contributed by atoms with Crippen LogP contribution >= 0.6 is 22.7 Å². The van der Waals surface area contributed by atoms with Crippen LogP contribution in [0.15, 0.2) is 205 Å². The highest BCUT2D eigenvalue weighted by Gasteiger charge is 2.29. The maximum Gasteiger partial charge on any atom is 0.118 e. The third kappa shape index (κ3) is 7.89. The summed E-state index contributed by atoms with van der Waals surface area (Å²) in [7, 11) is 0. The Bertz CT molecular complexity index is 3280. The van der Waals surface area contributed by atoms with E-state index in [0.29, 0.717) is 0 Å². The minimum absolute atomic E-state index is 0.260. The molecular weight excluding hydrogens is 869 g/mol. The normalized spacial score (nSPS) is 12.0. The minimum Gasteiger partial charge on any atom is -0.322 e. The number of fused-ring (bicyclic) bond motifs is 2. The van der Waals surface area contributed by atoms with Gasteiger partial charge in [-0.15, -0.1) is 22.7 Å². The van der Waals surface area contributed by atoms with Gasteiger partial charge < -0.3 is 9.13 Å². The Morgan fingerprint density at radius 3 is 1.13 bits per heavy atom. The Kier molecular flexibility index (Phi) is 10.9. The van der Waals surface area contributed by atoms with E-state index < -0.39 is 0 Å². The maximum atomic E-state index is 4.58. The standard InChI is InChI=1S/C60H52N6S2/c1-59(2,3)65-53(31-33-57(65)63(47-13-11-35-61-37-47)45-27-23-41(24-28-45)51-39-67-55-17-9-7-15-49(51)55)43-19-21-44(22-20-43)54-32-34-58(66(54)60(4,5)6)64(48-14-12-36-62-38-48)46-29-25-42(26-30-46)52-40-68-56-18-10-8-16-50(52)56/h7-40H,1-6H3. The lowest BCUT2D eigenvalue weighted by Gasteiger charge is -2.34. The summed E-state index contributed by atoms with van der Waals surface area (Å²) < 4.78 is 7.52. The van der Waals surface area contributed by atoms with Crippen molar-refractivity contribution >= 4 is 77.2 Å². The van der Waals surface area contributed by atoms with Crippen molar-refractivity contribution in [3.63, 3.8) is 0 Å². The van der Waals surface area contributed by atoms with E-state index in [9.17, 15) is 0 Å². The van der Waals surface area contributed by atoms with Crippen LogP contribution in [0.5, 0.6) is 0 Å². The summed E-state index contributed by atoms with van der Waals surface area (Å²) >= 11 is 3.59. The molecule has 11 rings (SSSR count). The van der Waals surface area contributed by atoms with Crippen molar-refractivity contribution in [2.24, 2.45) is 0 Å². The van der Waals surface area contributed by atoms with Crippen molar-refractivity contribution in [3.8, 4) is 44.8 Å². The maximum absolute atomic E-state index is 4.58. The number of hydrogen-bond donors (Lipinski definition) is 0. The first-order chi connectivity index (χ1) is 33.0. The quantitative estimate of drug-likeness (QED) is 0.137. The fourth-order valence-corrected chi connectivity index (χ4v) is 11.6. The second kappa shape index (κ2) is 17.3. The zero-order valence-corrected chi connectivity index (χ0v) is 40.8. The Balaban J connectivity index is 0.959. The number of aromatic nitrogens is 4. The third-order valence-corrected chi connectivity index (χ3v) is 14.6. The molecule has 0 aliphatic rings. The van der Waals surface area contributed by atoms with Crippen LogP contribution in [0.25, 0.3) is 64.9 Å². The van der Waals surface area contributed by atoms with Crippen molar-refractivity contribution in [3.05, 3.63) is 205 Å². The average molecular weight is 921 g/mol. The molecule has 0 amide bonds. The van der Waals surface area contributed by atoms with Crippen LogP contribution in [0.1, 0.15) is 41.5 Å². The molecule has 0 saturated heterocycles. The van der Waals surface area contributed by atoms with E-state index in [0.717, 1.165) is 56.9 Å². The topological polar surface area (TPSA) is 42.1 Å². The molecule has 0 saturated carbocycles. The molecule has 6 aromatic heterocycles. The molecule has 0 aliphatic heterocycles. The second-order valence-corrected chi connectivity index (χ2v) is 21.0. The number of rotatable bonds is 10. The Hall–Kier alpha value is -7.52. The minimum atomic E-state index is -0.260. The molecule has 5 aromatic carbocycles. The largest absolute Gasteiger partial charge is 0.322 e. The smallest absolute Gasteiger partial charge is 0.118 e. The van der Waals surface area contributed by atoms with Gasteiger partial charge in [0.25, 0.3) is 0 Å². The van der Waals surface area contributed by atoms with Crippen LogP contribution in [-0.4, -0.2) is 19.1 Å². The molecule has 0 bridgehead atoms. The highest BCUT2D eigenvalue weighted by atomic mass is 32.1. The van der Waals surface area contributed by atoms with Crippen molar-refractivity contribution in [2.45, 2.75) is 52.6 Å². The van der Waals surface area contributed by atoms with Gasteiger partial charge in [-0.1, -0.05) is 84.9 Å². The molecule has 0 fully saturated rings. The van der Waals surface area contributed by atoms with Crippen molar-refractivity contribution in [2.75, 3.05) is 9.80 Å². The number of hydrogen-bond acceptors (Lipinski definition) is 6. The van der Waals surface area contributed by atoms with E-state index in [1.807, 2.05) is 36.9 Å². The van der Waals surface area contributed by atoms with Gasteiger partial charge in [-0.25, -0.2) is 0 Å². The molecule has 68 heavy (non-hydrogen) atoms. The average Bonchev–Trinajstić information content (AvgIpc) is 4.19. The van der Waals surface area contributed by atoms with E-state index >= 15 is 0 Å². The number of thiophene rings is 2. The zero-order chi connectivity index (χ0) is 46.6. The first-order valence-electron chi connectivity index (χ1n) is 23.1. The second-order valence-electron chi connectivity index (χ2n) is 19.2. The number of nitrogens with zero attached hydrogens (tertiary/aromatic N) is 6. The summed E-state index contributed by atoms with van der Waals surface area (Å²) in [5.41, 5.74) is 13.1. The van der Waals surface area contributed by atoms with Crippen LogP contribution in [0.2, 0.25) is 0 Å². The van der Waals surface area contributed by atoms with Gasteiger partial charge in [0, 0.05) is 66.1 Å². The van der Waals surface area contributed by atoms with Crippen molar-refractivity contribution in [1.82, 2.24) is 19.1 Å². The van der Waals surface area contributed by atoms with Crippen LogP contribution in [0, 0.1) is 0 Å². The molecule has 0 atom stereocenters. The summed E-state index contributed by atoms with van der Waals surface area (Å²) in [6.07, 6.45) is 7.57. The zero-order valence-electron chi connectivity index (χ0n) is 39.1. The lowest BCUT2D eigenvalue weighted by molar-refractivity contribution is 0.405. The predicted octanol–water partition coefficient (Wildman–Crippen LogP) is 17.6. The summed E-state index contributed by atoms with van der Waals surface area (Å²) in [5.74, 6) is 2.13. The van der Waals surface area contributed by atoms with Crippen LogP contribution in [-0.2, 0) is 11.1 Å². The summed E-state index contributed by atoms with van der Waals surface area (Å²) in [6, 6.07) is 61.6. The molecule has 0 unspecified atom stereocenters. The summed E-state index contributed by atoms with van der Waals surface area (Å²) in [6.45, 7) is 13.7. The Morgan fingerprint density at radius 2 is 0.765 bits per heavy atom. The predicted molar refractivity (Wildman–Crippen MR) is 290 cm³/mol. The fraction of sp³-hybridized carbons (Fsp3) is 0.133. The molecular formula is C60H52N6S2. The molecule has 11 aromatic rings. The molecule has 0 N–H and O–H groups in total. The molecule has 8 heteroatoms. The van der Waals surface area contributed by atoms with Gasteiger partial charge in [-0.05, 0) is 159 Å². The molecule has 0 spiro atoms. The van der Waals surface area contributed by atoms with E-state index in [1.54, 1.807) is 22.7 Å². The number of pyridine rings is 2. The number of benzene rings is 5. The van der Waals surface area contributed by atoms with E-state index in [4.69, 9.17) is 0 Å². The van der Waals surface area contributed by atoms with Gasteiger partial charge in [0.2, 0.25) is 0 Å². The van der Waals surface area contributed by atoms with Gasteiger partial charge in [0.05, 0.1) is 35.2 Å². The third-order valence-electron chi connectivity index (χ3n) is 12.6. The number of anilines is 6. The first kappa shape index (κ1) is 43.1. The highest BCUT2D eigenvalue weighted by Crippen LogP contribution is 2.45. The lowest BCUT2D eigenvalue weighted by atomic mass is 10.0. The molecule has 6 nitrogen and oxygen atoms in total. The van der Waals surface area contributed by atoms with Crippen molar-refractivity contribution in [1.29, 1.82) is 0 Å². The van der Waals surface area contributed by atoms with Gasteiger partial charge in [0.15, 0.2) is 0 Å². The molecule has 334 valence electrons. The monoisotopic (exact) mass is 920 g/mol. The van der Waals surface area contributed by atoms with Gasteiger partial charge in [0.1, 0.15) is 11.6 Å². The lowest BCUT2D eigenvalue weighted by Crippen LogP contribution is -2.27. The van der Waals surface area contributed by atoms with Crippen LogP contribution in [0.4, 0.5) is 34.4 Å². The molecule has 0 aliphatic carbocycles. The Labute approximate surface area is 406 Å².